The van der Waals surface area contributed by atoms with Crippen LogP contribution in [0.4, 0.5) is 16.5 Å². The maximum Gasteiger partial charge on any atom is 0.341 e. The number of thiophene rings is 3. The number of nitrogen functional groups attached to an aromatic ring is 2. The maximum absolute atomic E-state index is 13.7. The fraction of sp³-hybridized carbons (Fsp3) is 0.200. The molecule has 0 fully saturated rings. The van der Waals surface area contributed by atoms with Crippen LogP contribution in [0.1, 0.15) is 60.9 Å². The van der Waals surface area contributed by atoms with Crippen molar-refractivity contribution in [3.63, 3.8) is 0 Å². The summed E-state index contributed by atoms with van der Waals surface area (Å²) in [6.07, 6.45) is 2.39. The number of nitrogens with zero attached hydrogens (tertiary/aromatic N) is 2. The van der Waals surface area contributed by atoms with Crippen LogP contribution in [0.2, 0.25) is 0 Å². The summed E-state index contributed by atoms with van der Waals surface area (Å²) < 4.78 is 5.40. The summed E-state index contributed by atoms with van der Waals surface area (Å²) in [4.78, 5) is 33.0. The molecular weight excluding hydrogens is 575 g/mol. The van der Waals surface area contributed by atoms with E-state index < -0.39 is 11.9 Å². The SMILES string of the molecule is CCOC(=O)c1c(NC(=O)c2sc3nc(N)c(C#N)c(-c4ccsc4)c3c2N)sc2c1CCC(c1ccccc1)C2. The first-order valence-corrected chi connectivity index (χ1v) is 15.6. The largest absolute Gasteiger partial charge is 0.462 e. The second-order valence-electron chi connectivity index (χ2n) is 9.63. The van der Waals surface area contributed by atoms with E-state index in [4.69, 9.17) is 16.2 Å². The zero-order chi connectivity index (χ0) is 28.7. The Labute approximate surface area is 248 Å². The second-order valence-corrected chi connectivity index (χ2v) is 12.5. The van der Waals surface area contributed by atoms with Gasteiger partial charge in [0.05, 0.1) is 17.9 Å². The minimum absolute atomic E-state index is 0.0814. The van der Waals surface area contributed by atoms with Crippen LogP contribution in [0.25, 0.3) is 21.3 Å². The molecule has 6 rings (SSSR count). The number of hydrogen-bond acceptors (Lipinski definition) is 10. The number of nitrogens with one attached hydrogen (secondary N) is 1. The average Bonchev–Trinajstić information content (AvgIpc) is 3.70. The Morgan fingerprint density at radius 1 is 1.20 bits per heavy atom. The third-order valence-electron chi connectivity index (χ3n) is 7.28. The molecule has 206 valence electrons. The molecule has 5 N–H and O–H groups in total. The van der Waals surface area contributed by atoms with E-state index in [2.05, 4.69) is 28.5 Å². The highest BCUT2D eigenvalue weighted by Crippen LogP contribution is 2.45. The van der Waals surface area contributed by atoms with Crippen molar-refractivity contribution in [1.29, 1.82) is 5.26 Å². The quantitative estimate of drug-likeness (QED) is 0.182. The molecule has 4 heterocycles. The van der Waals surface area contributed by atoms with Gasteiger partial charge in [0.15, 0.2) is 0 Å². The minimum Gasteiger partial charge on any atom is -0.462 e. The van der Waals surface area contributed by atoms with Crippen LogP contribution in [0.5, 0.6) is 0 Å². The molecule has 0 bridgehead atoms. The van der Waals surface area contributed by atoms with Gasteiger partial charge in [0.1, 0.15) is 32.2 Å². The summed E-state index contributed by atoms with van der Waals surface area (Å²) in [7, 11) is 0. The minimum atomic E-state index is -0.456. The van der Waals surface area contributed by atoms with Crippen molar-refractivity contribution in [2.75, 3.05) is 23.4 Å². The zero-order valence-corrected chi connectivity index (χ0v) is 24.5. The van der Waals surface area contributed by atoms with Crippen molar-refractivity contribution in [3.8, 4) is 17.2 Å². The van der Waals surface area contributed by atoms with Gasteiger partial charge in [0.2, 0.25) is 0 Å². The molecule has 1 amide bonds. The third kappa shape index (κ3) is 4.74. The number of rotatable bonds is 6. The van der Waals surface area contributed by atoms with Gasteiger partial charge in [-0.2, -0.15) is 16.6 Å². The van der Waals surface area contributed by atoms with Crippen molar-refractivity contribution < 1.29 is 14.3 Å². The highest BCUT2D eigenvalue weighted by molar-refractivity contribution is 7.21. The Hall–Kier alpha value is -4.24. The zero-order valence-electron chi connectivity index (χ0n) is 22.0. The second kappa shape index (κ2) is 11.0. The van der Waals surface area contributed by atoms with Gasteiger partial charge in [0.25, 0.3) is 5.91 Å². The summed E-state index contributed by atoms with van der Waals surface area (Å²) in [5, 5.41) is 17.6. The number of pyridine rings is 1. The van der Waals surface area contributed by atoms with Gasteiger partial charge in [-0.3, -0.25) is 4.79 Å². The number of hydrogen-bond donors (Lipinski definition) is 3. The summed E-state index contributed by atoms with van der Waals surface area (Å²) in [6, 6.07) is 14.4. The molecule has 0 saturated heterocycles. The summed E-state index contributed by atoms with van der Waals surface area (Å²) in [6.45, 7) is 1.99. The molecule has 1 aliphatic rings. The first-order valence-electron chi connectivity index (χ1n) is 13.0. The number of amides is 1. The molecule has 1 aliphatic carbocycles. The summed E-state index contributed by atoms with van der Waals surface area (Å²) in [5.41, 5.74) is 17.1. The van der Waals surface area contributed by atoms with Crippen molar-refractivity contribution in [2.45, 2.75) is 32.1 Å². The Bertz CT molecular complexity index is 1830. The molecule has 0 radical (unpaired) electrons. The summed E-state index contributed by atoms with van der Waals surface area (Å²) in [5.74, 6) is -0.489. The molecule has 8 nitrogen and oxygen atoms in total. The van der Waals surface area contributed by atoms with Crippen LogP contribution in [0, 0.1) is 11.3 Å². The van der Waals surface area contributed by atoms with Crippen molar-refractivity contribution in [2.24, 2.45) is 0 Å². The third-order valence-corrected chi connectivity index (χ3v) is 10.2. The van der Waals surface area contributed by atoms with E-state index >= 15 is 0 Å². The molecule has 4 aromatic heterocycles. The van der Waals surface area contributed by atoms with Crippen LogP contribution in [0.15, 0.2) is 47.2 Å². The summed E-state index contributed by atoms with van der Waals surface area (Å²) >= 11 is 4.00. The number of carbonyl (C=O) groups is 2. The molecule has 41 heavy (non-hydrogen) atoms. The highest BCUT2D eigenvalue weighted by Gasteiger charge is 2.32. The first kappa shape index (κ1) is 27.0. The van der Waals surface area contributed by atoms with Crippen LogP contribution < -0.4 is 16.8 Å². The van der Waals surface area contributed by atoms with Crippen molar-refractivity contribution >= 4 is 72.6 Å². The molecule has 11 heteroatoms. The number of fused-ring (bicyclic) bond motifs is 2. The van der Waals surface area contributed by atoms with Gasteiger partial charge in [-0.05, 0) is 65.6 Å². The van der Waals surface area contributed by atoms with Crippen molar-refractivity contribution in [3.05, 3.63) is 79.2 Å². The number of benzene rings is 1. The molecule has 1 aromatic carbocycles. The molecule has 5 aromatic rings. The number of nitrogens with two attached hydrogens (primary N) is 2. The fourth-order valence-electron chi connectivity index (χ4n) is 5.41. The van der Waals surface area contributed by atoms with Gasteiger partial charge in [-0.25, -0.2) is 9.78 Å². The molecule has 1 atom stereocenters. The average molecular weight is 600 g/mol. The van der Waals surface area contributed by atoms with Crippen LogP contribution in [-0.4, -0.2) is 23.5 Å². The van der Waals surface area contributed by atoms with Crippen molar-refractivity contribution in [1.82, 2.24) is 4.98 Å². The molecule has 0 spiro atoms. The lowest BCUT2D eigenvalue weighted by molar-refractivity contribution is 0.0526. The fourth-order valence-corrected chi connectivity index (χ4v) is 8.37. The molecule has 0 aliphatic heterocycles. The Morgan fingerprint density at radius 2 is 2.00 bits per heavy atom. The lowest BCUT2D eigenvalue weighted by atomic mass is 9.83. The Balaban J connectivity index is 1.40. The predicted octanol–water partition coefficient (Wildman–Crippen LogP) is 6.82. The number of aromatic nitrogens is 1. The van der Waals surface area contributed by atoms with E-state index in [9.17, 15) is 14.9 Å². The van der Waals surface area contributed by atoms with Crippen LogP contribution >= 0.6 is 34.0 Å². The molecule has 0 saturated carbocycles. The van der Waals surface area contributed by atoms with Gasteiger partial charge in [0, 0.05) is 15.8 Å². The smallest absolute Gasteiger partial charge is 0.341 e. The van der Waals surface area contributed by atoms with E-state index in [0.717, 1.165) is 40.2 Å². The van der Waals surface area contributed by atoms with Gasteiger partial charge in [-0.1, -0.05) is 30.3 Å². The van der Waals surface area contributed by atoms with Gasteiger partial charge >= 0.3 is 5.97 Å². The lowest BCUT2D eigenvalue weighted by Gasteiger charge is -2.23. The Kier molecular flexibility index (Phi) is 7.21. The number of ether oxygens (including phenoxy) is 1. The molecular formula is C30H25N5O3S3. The van der Waals surface area contributed by atoms with E-state index in [1.54, 1.807) is 6.92 Å². The molecule has 1 unspecified atom stereocenters. The van der Waals surface area contributed by atoms with Gasteiger partial charge in [-0.15, -0.1) is 22.7 Å². The normalized spacial score (nSPS) is 14.4. The van der Waals surface area contributed by atoms with E-state index in [1.165, 1.54) is 28.2 Å². The number of carbonyl (C=O) groups excluding carboxylic acids is 2. The van der Waals surface area contributed by atoms with E-state index in [1.807, 2.05) is 35.0 Å². The monoisotopic (exact) mass is 599 g/mol. The highest BCUT2D eigenvalue weighted by atomic mass is 32.1. The Morgan fingerprint density at radius 3 is 2.71 bits per heavy atom. The topological polar surface area (TPSA) is 144 Å². The standard InChI is InChI=1S/C30H25N5O3S3/c1-2-38-30(37)22-18-9-8-16(15-6-4-3-5-7-15)12-20(18)40-28(22)35-27(36)25-24(32)23-21(17-10-11-39-14-17)19(13-31)26(33)34-29(23)41-25/h3-7,10-11,14,16H,2,8-9,12,32H2,1H3,(H2,33,34)(H,35,36). The first-order chi connectivity index (χ1) is 19.9. The maximum atomic E-state index is 13.7. The number of anilines is 3. The van der Waals surface area contributed by atoms with Gasteiger partial charge < -0.3 is 21.5 Å². The lowest BCUT2D eigenvalue weighted by Crippen LogP contribution is -2.17. The number of esters is 1. The number of nitriles is 1. The van der Waals surface area contributed by atoms with E-state index in [0.29, 0.717) is 38.7 Å². The van der Waals surface area contributed by atoms with Crippen LogP contribution in [-0.2, 0) is 17.6 Å². The van der Waals surface area contributed by atoms with E-state index in [-0.39, 0.29) is 28.6 Å². The van der Waals surface area contributed by atoms with Crippen LogP contribution in [0.3, 0.4) is 0 Å². The predicted molar refractivity (Wildman–Crippen MR) is 166 cm³/mol.